The molecule has 1 N–H and O–H groups in total. The highest BCUT2D eigenvalue weighted by molar-refractivity contribution is 7.91. The lowest BCUT2D eigenvalue weighted by molar-refractivity contribution is -0.140. The molecule has 0 spiro atoms. The zero-order valence-electron chi connectivity index (χ0n) is 21.8. The summed E-state index contributed by atoms with van der Waals surface area (Å²) in [5.74, 6) is -0.189. The number of nitrogens with one attached hydrogen (secondary N) is 1. The Bertz CT molecular complexity index is 1290. The number of carbonyl (C=O) groups excluding carboxylic acids is 2. The SMILES string of the molecule is COc1ccc2c(c1)CCN(C(=O)CC1CCS(=O)(=O)CC1)[C@H]2C(=O)Nc1ccc(C(C)(C)C)c(F)c1. The molecule has 1 saturated heterocycles. The number of carbonyl (C=O) groups is 2. The van der Waals surface area contributed by atoms with Gasteiger partial charge in [-0.1, -0.05) is 32.9 Å². The van der Waals surface area contributed by atoms with E-state index in [2.05, 4.69) is 5.32 Å². The first kappa shape index (κ1) is 27.1. The molecule has 1 atom stereocenters. The van der Waals surface area contributed by atoms with Crippen LogP contribution < -0.4 is 10.1 Å². The summed E-state index contributed by atoms with van der Waals surface area (Å²) < 4.78 is 43.8. The molecule has 9 heteroatoms. The Morgan fingerprint density at radius 2 is 1.81 bits per heavy atom. The van der Waals surface area contributed by atoms with Gasteiger partial charge in [0.05, 0.1) is 18.6 Å². The third kappa shape index (κ3) is 6.14. The first-order valence-electron chi connectivity index (χ1n) is 12.7. The molecule has 2 aromatic carbocycles. The Hall–Kier alpha value is -2.94. The summed E-state index contributed by atoms with van der Waals surface area (Å²) >= 11 is 0. The van der Waals surface area contributed by atoms with Crippen LogP contribution >= 0.6 is 0 Å². The van der Waals surface area contributed by atoms with Crippen molar-refractivity contribution >= 4 is 27.3 Å². The second-order valence-electron chi connectivity index (χ2n) is 11.0. The maximum Gasteiger partial charge on any atom is 0.251 e. The quantitative estimate of drug-likeness (QED) is 0.618. The molecule has 0 aliphatic carbocycles. The van der Waals surface area contributed by atoms with Crippen molar-refractivity contribution in [1.82, 2.24) is 4.90 Å². The third-order valence-corrected chi connectivity index (χ3v) is 9.04. The van der Waals surface area contributed by atoms with Crippen molar-refractivity contribution < 1.29 is 27.1 Å². The van der Waals surface area contributed by atoms with Gasteiger partial charge in [0, 0.05) is 18.7 Å². The number of halogens is 1. The van der Waals surface area contributed by atoms with Crippen LogP contribution in [0.1, 0.15) is 62.8 Å². The van der Waals surface area contributed by atoms with Gasteiger partial charge >= 0.3 is 0 Å². The highest BCUT2D eigenvalue weighted by Crippen LogP contribution is 2.35. The summed E-state index contributed by atoms with van der Waals surface area (Å²) in [5.41, 5.74) is 2.11. The summed E-state index contributed by atoms with van der Waals surface area (Å²) in [6.07, 6.45) is 1.66. The van der Waals surface area contributed by atoms with Crippen LogP contribution in [0.4, 0.5) is 10.1 Å². The summed E-state index contributed by atoms with van der Waals surface area (Å²) in [6, 6.07) is 9.20. The average Bonchev–Trinajstić information content (AvgIpc) is 2.83. The first-order valence-corrected chi connectivity index (χ1v) is 14.5. The van der Waals surface area contributed by atoms with Gasteiger partial charge in [-0.15, -0.1) is 0 Å². The topological polar surface area (TPSA) is 92.8 Å². The van der Waals surface area contributed by atoms with Crippen LogP contribution in [-0.4, -0.2) is 50.3 Å². The number of fused-ring (bicyclic) bond motifs is 1. The Labute approximate surface area is 218 Å². The predicted octanol–water partition coefficient (Wildman–Crippen LogP) is 4.41. The Morgan fingerprint density at radius 3 is 2.43 bits per heavy atom. The van der Waals surface area contributed by atoms with Crippen molar-refractivity contribution in [3.05, 3.63) is 58.9 Å². The third-order valence-electron chi connectivity index (χ3n) is 7.33. The van der Waals surface area contributed by atoms with E-state index in [1.165, 1.54) is 6.07 Å². The first-order chi connectivity index (χ1) is 17.4. The van der Waals surface area contributed by atoms with Crippen LogP contribution in [0.25, 0.3) is 0 Å². The van der Waals surface area contributed by atoms with Crippen LogP contribution in [0.5, 0.6) is 5.75 Å². The second kappa shape index (κ2) is 10.4. The lowest BCUT2D eigenvalue weighted by Gasteiger charge is -2.37. The van der Waals surface area contributed by atoms with Crippen LogP contribution in [0.3, 0.4) is 0 Å². The van der Waals surface area contributed by atoms with E-state index >= 15 is 0 Å². The van der Waals surface area contributed by atoms with Crippen LogP contribution in [0.15, 0.2) is 36.4 Å². The minimum absolute atomic E-state index is 0.0314. The summed E-state index contributed by atoms with van der Waals surface area (Å²) in [5, 5.41) is 2.82. The molecular formula is C28H35FN2O5S. The number of ether oxygens (including phenoxy) is 1. The van der Waals surface area contributed by atoms with Gasteiger partial charge in [0.2, 0.25) is 5.91 Å². The van der Waals surface area contributed by atoms with Gasteiger partial charge in [-0.3, -0.25) is 9.59 Å². The molecule has 200 valence electrons. The Morgan fingerprint density at radius 1 is 1.11 bits per heavy atom. The number of rotatable bonds is 5. The van der Waals surface area contributed by atoms with Crippen molar-refractivity contribution in [2.45, 2.75) is 57.9 Å². The average molecular weight is 531 g/mol. The molecule has 37 heavy (non-hydrogen) atoms. The lowest BCUT2D eigenvalue weighted by Crippen LogP contribution is -2.46. The van der Waals surface area contributed by atoms with E-state index in [9.17, 15) is 22.4 Å². The molecule has 0 bridgehead atoms. The Balaban J connectivity index is 1.60. The van der Waals surface area contributed by atoms with Crippen molar-refractivity contribution in [1.29, 1.82) is 0 Å². The molecule has 0 saturated carbocycles. The molecule has 2 aliphatic rings. The van der Waals surface area contributed by atoms with Gasteiger partial charge in [-0.2, -0.15) is 0 Å². The number of nitrogens with zero attached hydrogens (tertiary/aromatic N) is 1. The number of sulfone groups is 1. The highest BCUT2D eigenvalue weighted by Gasteiger charge is 2.37. The van der Waals surface area contributed by atoms with Crippen LogP contribution in [0.2, 0.25) is 0 Å². The largest absolute Gasteiger partial charge is 0.497 e. The van der Waals surface area contributed by atoms with Crippen LogP contribution in [0, 0.1) is 11.7 Å². The smallest absolute Gasteiger partial charge is 0.251 e. The maximum absolute atomic E-state index is 14.8. The van der Waals surface area contributed by atoms with Gasteiger partial charge in [0.1, 0.15) is 27.4 Å². The fourth-order valence-electron chi connectivity index (χ4n) is 5.20. The zero-order chi connectivity index (χ0) is 27.0. The molecule has 4 rings (SSSR count). The fourth-order valence-corrected chi connectivity index (χ4v) is 6.79. The number of hydrogen-bond donors (Lipinski definition) is 1. The second-order valence-corrected chi connectivity index (χ2v) is 13.3. The molecule has 2 aliphatic heterocycles. The van der Waals surface area contributed by atoms with E-state index in [-0.39, 0.29) is 35.2 Å². The monoisotopic (exact) mass is 530 g/mol. The molecule has 2 amide bonds. The highest BCUT2D eigenvalue weighted by atomic mass is 32.2. The number of methoxy groups -OCH3 is 1. The normalized spacial score (nSPS) is 19.7. The van der Waals surface area contributed by atoms with Gasteiger partial charge in [0.25, 0.3) is 5.91 Å². The van der Waals surface area contributed by atoms with Crippen molar-refractivity contribution in [3.63, 3.8) is 0 Å². The minimum atomic E-state index is -3.03. The van der Waals surface area contributed by atoms with Gasteiger partial charge in [-0.25, -0.2) is 12.8 Å². The molecule has 7 nitrogen and oxygen atoms in total. The lowest BCUT2D eigenvalue weighted by atomic mass is 9.86. The number of benzene rings is 2. The predicted molar refractivity (Wildman–Crippen MR) is 141 cm³/mol. The molecule has 0 radical (unpaired) electrons. The summed E-state index contributed by atoms with van der Waals surface area (Å²) in [6.45, 7) is 6.10. The summed E-state index contributed by atoms with van der Waals surface area (Å²) in [4.78, 5) is 28.7. The summed E-state index contributed by atoms with van der Waals surface area (Å²) in [7, 11) is -1.46. The number of amides is 2. The van der Waals surface area contributed by atoms with Crippen molar-refractivity contribution in [2.75, 3.05) is 30.5 Å². The fraction of sp³-hybridized carbons (Fsp3) is 0.500. The van der Waals surface area contributed by atoms with Crippen LogP contribution in [-0.2, 0) is 31.3 Å². The maximum atomic E-state index is 14.8. The molecule has 0 unspecified atom stereocenters. The molecule has 0 aromatic heterocycles. The van der Waals surface area contributed by atoms with Gasteiger partial charge in [-0.05, 0) is 71.6 Å². The molecule has 2 aromatic rings. The minimum Gasteiger partial charge on any atom is -0.497 e. The molecule has 2 heterocycles. The van der Waals surface area contributed by atoms with E-state index in [1.807, 2.05) is 26.8 Å². The number of hydrogen-bond acceptors (Lipinski definition) is 5. The number of anilines is 1. The van der Waals surface area contributed by atoms with E-state index in [0.29, 0.717) is 48.4 Å². The van der Waals surface area contributed by atoms with E-state index < -0.39 is 27.6 Å². The van der Waals surface area contributed by atoms with Gasteiger partial charge < -0.3 is 15.0 Å². The molecular weight excluding hydrogens is 495 g/mol. The van der Waals surface area contributed by atoms with E-state index in [1.54, 1.807) is 36.3 Å². The Kier molecular flexibility index (Phi) is 7.65. The van der Waals surface area contributed by atoms with E-state index in [0.717, 1.165) is 5.56 Å². The zero-order valence-corrected chi connectivity index (χ0v) is 22.7. The van der Waals surface area contributed by atoms with Gasteiger partial charge in [0.15, 0.2) is 0 Å². The van der Waals surface area contributed by atoms with Crippen molar-refractivity contribution in [2.24, 2.45) is 5.92 Å². The van der Waals surface area contributed by atoms with Crippen molar-refractivity contribution in [3.8, 4) is 5.75 Å². The standard InChI is InChI=1S/C28H35FN2O5S/c1-28(2,3)23-8-5-20(17-24(23)29)30-27(33)26-22-7-6-21(36-4)16-19(22)9-12-31(26)25(32)15-18-10-13-37(34,35)14-11-18/h5-8,16-18,26H,9-15H2,1-4H3,(H,30,33)/t26-/m1/s1. The molecule has 1 fully saturated rings. The van der Waals surface area contributed by atoms with E-state index in [4.69, 9.17) is 4.74 Å².